The molecule has 0 aliphatic carbocycles. The van der Waals surface area contributed by atoms with Crippen molar-refractivity contribution in [1.29, 1.82) is 0 Å². The van der Waals surface area contributed by atoms with Crippen molar-refractivity contribution in [1.82, 2.24) is 0 Å². The zero-order chi connectivity index (χ0) is 13.1. The fourth-order valence-electron chi connectivity index (χ4n) is 1.79. The summed E-state index contributed by atoms with van der Waals surface area (Å²) in [5, 5.41) is 10.2. The van der Waals surface area contributed by atoms with Crippen molar-refractivity contribution in [2.75, 3.05) is 0 Å². The van der Waals surface area contributed by atoms with E-state index in [1.165, 1.54) is 6.07 Å². The van der Waals surface area contributed by atoms with Crippen LogP contribution < -0.4 is 5.73 Å². The zero-order valence-corrected chi connectivity index (χ0v) is 11.2. The van der Waals surface area contributed by atoms with Crippen LogP contribution in [0.2, 0.25) is 0 Å². The van der Waals surface area contributed by atoms with Gasteiger partial charge >= 0.3 is 0 Å². The third-order valence-electron chi connectivity index (χ3n) is 2.76. The molecule has 3 N–H and O–H groups in total. The lowest BCUT2D eigenvalue weighted by Crippen LogP contribution is -2.04. The molecule has 1 unspecified atom stereocenters. The minimum absolute atomic E-state index is 0.249. The summed E-state index contributed by atoms with van der Waals surface area (Å²) in [6.45, 7) is 0.390. The molecular formula is C14H13BrFNO. The lowest BCUT2D eigenvalue weighted by Gasteiger charge is -2.13. The number of aliphatic hydroxyl groups is 1. The highest BCUT2D eigenvalue weighted by atomic mass is 79.9. The van der Waals surface area contributed by atoms with Crippen molar-refractivity contribution >= 4 is 15.9 Å². The monoisotopic (exact) mass is 309 g/mol. The van der Waals surface area contributed by atoms with Gasteiger partial charge < -0.3 is 10.8 Å². The van der Waals surface area contributed by atoms with E-state index >= 15 is 0 Å². The Morgan fingerprint density at radius 3 is 2.72 bits per heavy atom. The molecule has 0 amide bonds. The van der Waals surface area contributed by atoms with Gasteiger partial charge in [0, 0.05) is 16.6 Å². The molecular weight excluding hydrogens is 297 g/mol. The summed E-state index contributed by atoms with van der Waals surface area (Å²) in [4.78, 5) is 0. The van der Waals surface area contributed by atoms with Gasteiger partial charge in [0.15, 0.2) is 0 Å². The van der Waals surface area contributed by atoms with Gasteiger partial charge in [-0.1, -0.05) is 40.2 Å². The summed E-state index contributed by atoms with van der Waals surface area (Å²) in [6.07, 6.45) is -0.992. The molecule has 94 valence electrons. The molecule has 0 aromatic heterocycles. The Kier molecular flexibility index (Phi) is 4.11. The van der Waals surface area contributed by atoms with E-state index in [1.807, 2.05) is 6.07 Å². The fraction of sp³-hybridized carbons (Fsp3) is 0.143. The van der Waals surface area contributed by atoms with Gasteiger partial charge in [-0.25, -0.2) is 4.39 Å². The van der Waals surface area contributed by atoms with E-state index in [1.54, 1.807) is 30.3 Å². The number of aliphatic hydroxyl groups excluding tert-OH is 1. The van der Waals surface area contributed by atoms with Crippen molar-refractivity contribution in [2.24, 2.45) is 5.73 Å². The molecule has 0 bridgehead atoms. The van der Waals surface area contributed by atoms with Crippen molar-refractivity contribution in [3.63, 3.8) is 0 Å². The van der Waals surface area contributed by atoms with Crippen LogP contribution in [-0.4, -0.2) is 5.11 Å². The van der Waals surface area contributed by atoms with Crippen LogP contribution in [0.15, 0.2) is 46.9 Å². The normalized spacial score (nSPS) is 12.4. The van der Waals surface area contributed by atoms with Crippen LogP contribution in [0, 0.1) is 5.82 Å². The standard InChI is InChI=1S/C14H13BrFNO/c15-11-4-5-13(16)12(7-11)14(18)10-3-1-2-9(6-10)8-17/h1-7,14,18H,8,17H2. The first-order chi connectivity index (χ1) is 8.61. The van der Waals surface area contributed by atoms with E-state index < -0.39 is 11.9 Å². The van der Waals surface area contributed by atoms with Crippen LogP contribution in [0.3, 0.4) is 0 Å². The van der Waals surface area contributed by atoms with Gasteiger partial charge in [-0.3, -0.25) is 0 Å². The summed E-state index contributed by atoms with van der Waals surface area (Å²) in [5.41, 5.74) is 7.34. The zero-order valence-electron chi connectivity index (χ0n) is 9.61. The molecule has 0 aliphatic rings. The average molecular weight is 310 g/mol. The highest BCUT2D eigenvalue weighted by molar-refractivity contribution is 9.10. The number of hydrogen-bond donors (Lipinski definition) is 2. The fourth-order valence-corrected chi connectivity index (χ4v) is 2.17. The Balaban J connectivity index is 2.40. The molecule has 0 spiro atoms. The van der Waals surface area contributed by atoms with E-state index in [0.717, 1.165) is 10.0 Å². The number of rotatable bonds is 3. The number of hydrogen-bond acceptors (Lipinski definition) is 2. The molecule has 18 heavy (non-hydrogen) atoms. The van der Waals surface area contributed by atoms with Gasteiger partial charge in [0.1, 0.15) is 11.9 Å². The third-order valence-corrected chi connectivity index (χ3v) is 3.25. The van der Waals surface area contributed by atoms with E-state index in [-0.39, 0.29) is 5.56 Å². The molecule has 0 aliphatic heterocycles. The van der Waals surface area contributed by atoms with Gasteiger partial charge in [0.05, 0.1) is 0 Å². The molecule has 0 saturated heterocycles. The molecule has 0 saturated carbocycles. The molecule has 2 rings (SSSR count). The van der Waals surface area contributed by atoms with Crippen LogP contribution in [-0.2, 0) is 6.54 Å². The maximum atomic E-state index is 13.7. The molecule has 0 heterocycles. The lowest BCUT2D eigenvalue weighted by molar-refractivity contribution is 0.215. The molecule has 4 heteroatoms. The number of benzene rings is 2. The Labute approximate surface area is 113 Å². The van der Waals surface area contributed by atoms with Crippen molar-refractivity contribution in [2.45, 2.75) is 12.6 Å². The van der Waals surface area contributed by atoms with E-state index in [4.69, 9.17) is 5.73 Å². The molecule has 0 radical (unpaired) electrons. The minimum Gasteiger partial charge on any atom is -0.384 e. The number of halogens is 2. The van der Waals surface area contributed by atoms with Gasteiger partial charge in [-0.05, 0) is 29.3 Å². The SMILES string of the molecule is NCc1cccc(C(O)c2cc(Br)ccc2F)c1. The first-order valence-electron chi connectivity index (χ1n) is 5.53. The second kappa shape index (κ2) is 5.61. The van der Waals surface area contributed by atoms with Crippen LogP contribution in [0.5, 0.6) is 0 Å². The Bertz CT molecular complexity index is 559. The number of nitrogens with two attached hydrogens (primary N) is 1. The highest BCUT2D eigenvalue weighted by Gasteiger charge is 2.15. The first kappa shape index (κ1) is 13.2. The summed E-state index contributed by atoms with van der Waals surface area (Å²) >= 11 is 3.27. The van der Waals surface area contributed by atoms with Crippen LogP contribution in [0.25, 0.3) is 0 Å². The Hall–Kier alpha value is -1.23. The maximum absolute atomic E-state index is 13.7. The minimum atomic E-state index is -0.992. The third kappa shape index (κ3) is 2.77. The Morgan fingerprint density at radius 2 is 2.00 bits per heavy atom. The van der Waals surface area contributed by atoms with Gasteiger partial charge in [-0.15, -0.1) is 0 Å². The van der Waals surface area contributed by atoms with Crippen molar-refractivity contribution in [3.8, 4) is 0 Å². The highest BCUT2D eigenvalue weighted by Crippen LogP contribution is 2.27. The van der Waals surface area contributed by atoms with Gasteiger partial charge in [-0.2, -0.15) is 0 Å². The molecule has 1 atom stereocenters. The van der Waals surface area contributed by atoms with Crippen LogP contribution >= 0.6 is 15.9 Å². The van der Waals surface area contributed by atoms with Crippen LogP contribution in [0.1, 0.15) is 22.8 Å². The lowest BCUT2D eigenvalue weighted by atomic mass is 9.99. The summed E-state index contributed by atoms with van der Waals surface area (Å²) < 4.78 is 14.4. The van der Waals surface area contributed by atoms with E-state index in [2.05, 4.69) is 15.9 Å². The van der Waals surface area contributed by atoms with Gasteiger partial charge in [0.2, 0.25) is 0 Å². The Morgan fingerprint density at radius 1 is 1.22 bits per heavy atom. The second-order valence-corrected chi connectivity index (χ2v) is 4.93. The summed E-state index contributed by atoms with van der Waals surface area (Å²) in [6, 6.07) is 11.7. The smallest absolute Gasteiger partial charge is 0.129 e. The predicted molar refractivity (Wildman–Crippen MR) is 72.5 cm³/mol. The summed E-state index contributed by atoms with van der Waals surface area (Å²) in [5.74, 6) is -0.427. The summed E-state index contributed by atoms with van der Waals surface area (Å²) in [7, 11) is 0. The topological polar surface area (TPSA) is 46.2 Å². The molecule has 2 nitrogen and oxygen atoms in total. The predicted octanol–water partition coefficient (Wildman–Crippen LogP) is 3.13. The quantitative estimate of drug-likeness (QED) is 0.915. The average Bonchev–Trinajstić information content (AvgIpc) is 2.41. The second-order valence-electron chi connectivity index (χ2n) is 4.02. The maximum Gasteiger partial charge on any atom is 0.129 e. The first-order valence-corrected chi connectivity index (χ1v) is 6.33. The van der Waals surface area contributed by atoms with Gasteiger partial charge in [0.25, 0.3) is 0 Å². The molecule has 2 aromatic carbocycles. The molecule has 2 aromatic rings. The molecule has 0 fully saturated rings. The van der Waals surface area contributed by atoms with Crippen LogP contribution in [0.4, 0.5) is 4.39 Å². The van der Waals surface area contributed by atoms with E-state index in [9.17, 15) is 9.50 Å². The largest absolute Gasteiger partial charge is 0.384 e. The van der Waals surface area contributed by atoms with E-state index in [0.29, 0.717) is 12.1 Å². The van der Waals surface area contributed by atoms with Crippen molar-refractivity contribution < 1.29 is 9.50 Å². The van der Waals surface area contributed by atoms with Crippen molar-refractivity contribution in [3.05, 3.63) is 69.4 Å².